The molecule has 2 aromatic carbocycles. The lowest BCUT2D eigenvalue weighted by atomic mass is 10.0. The van der Waals surface area contributed by atoms with E-state index in [1.807, 2.05) is 25.1 Å². The normalized spacial score (nSPS) is 13.6. The third-order valence-electron chi connectivity index (χ3n) is 3.69. The van der Waals surface area contributed by atoms with Crippen molar-refractivity contribution in [3.05, 3.63) is 59.2 Å². The second-order valence-corrected chi connectivity index (χ2v) is 5.20. The molecule has 2 aromatic rings. The first kappa shape index (κ1) is 14.0. The van der Waals surface area contributed by atoms with E-state index in [-0.39, 0.29) is 0 Å². The summed E-state index contributed by atoms with van der Waals surface area (Å²) in [5, 5.41) is 3.39. The van der Waals surface area contributed by atoms with Gasteiger partial charge < -0.3 is 14.8 Å². The number of rotatable bonds is 5. The van der Waals surface area contributed by atoms with Crippen molar-refractivity contribution >= 4 is 0 Å². The van der Waals surface area contributed by atoms with Gasteiger partial charge in [0.15, 0.2) is 11.5 Å². The van der Waals surface area contributed by atoms with E-state index in [1.165, 1.54) is 16.7 Å². The molecule has 0 aromatic heterocycles. The van der Waals surface area contributed by atoms with E-state index in [9.17, 15) is 0 Å². The number of fused-ring (bicyclic) bond motifs is 1. The van der Waals surface area contributed by atoms with Crippen molar-refractivity contribution in [3.63, 3.8) is 0 Å². The topological polar surface area (TPSA) is 30.5 Å². The summed E-state index contributed by atoms with van der Waals surface area (Å²) >= 11 is 0. The molecule has 3 nitrogen and oxygen atoms in total. The van der Waals surface area contributed by atoms with Crippen LogP contribution in [0.15, 0.2) is 42.5 Å². The van der Waals surface area contributed by atoms with Crippen LogP contribution in [0.5, 0.6) is 11.5 Å². The monoisotopic (exact) mass is 283 g/mol. The van der Waals surface area contributed by atoms with E-state index < -0.39 is 0 Å². The van der Waals surface area contributed by atoms with Crippen LogP contribution in [-0.4, -0.2) is 13.2 Å². The maximum atomic E-state index is 6.00. The SMILES string of the molecule is CCOc1cc2c(cc1OCc1ccccc1)CCNC2. The van der Waals surface area contributed by atoms with Crippen molar-refractivity contribution in [3.8, 4) is 11.5 Å². The van der Waals surface area contributed by atoms with E-state index in [0.29, 0.717) is 13.2 Å². The Morgan fingerprint density at radius 3 is 2.57 bits per heavy atom. The molecular weight excluding hydrogens is 262 g/mol. The van der Waals surface area contributed by atoms with Crippen LogP contribution in [0.4, 0.5) is 0 Å². The fourth-order valence-electron chi connectivity index (χ4n) is 2.60. The fourth-order valence-corrected chi connectivity index (χ4v) is 2.60. The Bertz CT molecular complexity index is 596. The minimum absolute atomic E-state index is 0.567. The van der Waals surface area contributed by atoms with Gasteiger partial charge in [0, 0.05) is 6.54 Å². The minimum atomic E-state index is 0.567. The first-order valence-electron chi connectivity index (χ1n) is 7.53. The molecular formula is C18H21NO2. The van der Waals surface area contributed by atoms with E-state index in [1.54, 1.807) is 0 Å². The van der Waals surface area contributed by atoms with Gasteiger partial charge in [-0.2, -0.15) is 0 Å². The van der Waals surface area contributed by atoms with Gasteiger partial charge in [-0.15, -0.1) is 0 Å². The molecule has 0 saturated heterocycles. The second kappa shape index (κ2) is 6.64. The Morgan fingerprint density at radius 2 is 1.76 bits per heavy atom. The molecule has 1 aliphatic rings. The predicted octanol–water partition coefficient (Wildman–Crippen LogP) is 3.31. The summed E-state index contributed by atoms with van der Waals surface area (Å²) in [5.41, 5.74) is 3.84. The number of ether oxygens (including phenoxy) is 2. The van der Waals surface area contributed by atoms with Gasteiger partial charge >= 0.3 is 0 Å². The summed E-state index contributed by atoms with van der Waals surface area (Å²) in [7, 11) is 0. The molecule has 21 heavy (non-hydrogen) atoms. The highest BCUT2D eigenvalue weighted by Crippen LogP contribution is 2.33. The third kappa shape index (κ3) is 3.37. The van der Waals surface area contributed by atoms with Gasteiger partial charge in [0.25, 0.3) is 0 Å². The van der Waals surface area contributed by atoms with Gasteiger partial charge in [0.05, 0.1) is 6.61 Å². The lowest BCUT2D eigenvalue weighted by Gasteiger charge is -2.20. The molecule has 0 bridgehead atoms. The highest BCUT2D eigenvalue weighted by atomic mass is 16.5. The van der Waals surface area contributed by atoms with Gasteiger partial charge in [-0.3, -0.25) is 0 Å². The van der Waals surface area contributed by atoms with Gasteiger partial charge in [0.1, 0.15) is 6.61 Å². The molecule has 1 heterocycles. The molecule has 0 aliphatic carbocycles. The first-order valence-corrected chi connectivity index (χ1v) is 7.53. The third-order valence-corrected chi connectivity index (χ3v) is 3.69. The van der Waals surface area contributed by atoms with Crippen molar-refractivity contribution < 1.29 is 9.47 Å². The second-order valence-electron chi connectivity index (χ2n) is 5.20. The van der Waals surface area contributed by atoms with Crippen LogP contribution < -0.4 is 14.8 Å². The maximum Gasteiger partial charge on any atom is 0.161 e. The molecule has 0 radical (unpaired) electrons. The summed E-state index contributed by atoms with van der Waals surface area (Å²) in [5.74, 6) is 1.69. The molecule has 0 saturated carbocycles. The van der Waals surface area contributed by atoms with E-state index in [4.69, 9.17) is 9.47 Å². The van der Waals surface area contributed by atoms with Crippen LogP contribution in [0.2, 0.25) is 0 Å². The summed E-state index contributed by atoms with van der Waals surface area (Å²) in [4.78, 5) is 0. The quantitative estimate of drug-likeness (QED) is 0.913. The largest absolute Gasteiger partial charge is 0.490 e. The van der Waals surface area contributed by atoms with Crippen molar-refractivity contribution in [1.82, 2.24) is 5.32 Å². The Hall–Kier alpha value is -2.00. The number of hydrogen-bond donors (Lipinski definition) is 1. The van der Waals surface area contributed by atoms with Gasteiger partial charge in [-0.25, -0.2) is 0 Å². The molecule has 0 unspecified atom stereocenters. The molecule has 0 amide bonds. The average Bonchev–Trinajstić information content (AvgIpc) is 2.54. The Kier molecular flexibility index (Phi) is 4.41. The van der Waals surface area contributed by atoms with Crippen molar-refractivity contribution in [2.24, 2.45) is 0 Å². The molecule has 0 atom stereocenters. The standard InChI is InChI=1S/C18H21NO2/c1-2-20-17-11-16-12-19-9-8-15(16)10-18(17)21-13-14-6-4-3-5-7-14/h3-7,10-11,19H,2,8-9,12-13H2,1H3. The molecule has 3 heteroatoms. The lowest BCUT2D eigenvalue weighted by molar-refractivity contribution is 0.268. The summed E-state index contributed by atoms with van der Waals surface area (Å²) in [6, 6.07) is 14.5. The fraction of sp³-hybridized carbons (Fsp3) is 0.333. The molecule has 0 spiro atoms. The van der Waals surface area contributed by atoms with E-state index in [0.717, 1.165) is 31.0 Å². The number of benzene rings is 2. The molecule has 1 N–H and O–H groups in total. The van der Waals surface area contributed by atoms with Gasteiger partial charge in [-0.05, 0) is 48.7 Å². The first-order chi connectivity index (χ1) is 10.4. The smallest absolute Gasteiger partial charge is 0.161 e. The zero-order chi connectivity index (χ0) is 14.5. The Morgan fingerprint density at radius 1 is 1.00 bits per heavy atom. The summed E-state index contributed by atoms with van der Waals surface area (Å²) in [6.45, 7) is 5.15. The van der Waals surface area contributed by atoms with Gasteiger partial charge in [0.2, 0.25) is 0 Å². The Labute approximate surface area is 125 Å². The van der Waals surface area contributed by atoms with Crippen LogP contribution in [0, 0.1) is 0 Å². The lowest BCUT2D eigenvalue weighted by Crippen LogP contribution is -2.23. The minimum Gasteiger partial charge on any atom is -0.490 e. The van der Waals surface area contributed by atoms with Crippen LogP contribution in [0.1, 0.15) is 23.6 Å². The number of hydrogen-bond acceptors (Lipinski definition) is 3. The molecule has 110 valence electrons. The zero-order valence-corrected chi connectivity index (χ0v) is 12.4. The van der Waals surface area contributed by atoms with Gasteiger partial charge in [-0.1, -0.05) is 30.3 Å². The average molecular weight is 283 g/mol. The number of nitrogens with one attached hydrogen (secondary N) is 1. The molecule has 1 aliphatic heterocycles. The van der Waals surface area contributed by atoms with Crippen molar-refractivity contribution in [2.45, 2.75) is 26.5 Å². The van der Waals surface area contributed by atoms with Crippen molar-refractivity contribution in [2.75, 3.05) is 13.2 Å². The van der Waals surface area contributed by atoms with Crippen molar-refractivity contribution in [1.29, 1.82) is 0 Å². The highest BCUT2D eigenvalue weighted by molar-refractivity contribution is 5.48. The summed E-state index contributed by atoms with van der Waals surface area (Å²) < 4.78 is 11.7. The van der Waals surface area contributed by atoms with Crippen LogP contribution in [-0.2, 0) is 19.6 Å². The maximum absolute atomic E-state index is 6.00. The van der Waals surface area contributed by atoms with E-state index >= 15 is 0 Å². The Balaban J connectivity index is 1.82. The van der Waals surface area contributed by atoms with Crippen LogP contribution in [0.3, 0.4) is 0 Å². The molecule has 0 fully saturated rings. The highest BCUT2D eigenvalue weighted by Gasteiger charge is 2.15. The van der Waals surface area contributed by atoms with Crippen LogP contribution >= 0.6 is 0 Å². The molecule has 3 rings (SSSR count). The van der Waals surface area contributed by atoms with E-state index in [2.05, 4.69) is 29.6 Å². The van der Waals surface area contributed by atoms with Crippen LogP contribution in [0.25, 0.3) is 0 Å². The summed E-state index contributed by atoms with van der Waals surface area (Å²) in [6.07, 6.45) is 1.05. The zero-order valence-electron chi connectivity index (χ0n) is 12.4. The predicted molar refractivity (Wildman–Crippen MR) is 83.8 cm³/mol.